The van der Waals surface area contributed by atoms with E-state index in [0.29, 0.717) is 23.7 Å². The second-order valence-corrected chi connectivity index (χ2v) is 6.28. The van der Waals surface area contributed by atoms with Crippen molar-refractivity contribution >= 4 is 23.8 Å². The van der Waals surface area contributed by atoms with Gasteiger partial charge in [0.25, 0.3) is 0 Å². The Labute approximate surface area is 141 Å². The third-order valence-electron chi connectivity index (χ3n) is 4.72. The Balaban J connectivity index is 1.84. The highest BCUT2D eigenvalue weighted by Crippen LogP contribution is 2.37. The first-order valence-corrected chi connectivity index (χ1v) is 8.01. The van der Waals surface area contributed by atoms with Gasteiger partial charge in [0.2, 0.25) is 0 Å². The van der Waals surface area contributed by atoms with E-state index in [1.54, 1.807) is 20.5 Å². The minimum absolute atomic E-state index is 0.254. The maximum absolute atomic E-state index is 9.12. The third kappa shape index (κ3) is 3.11. The van der Waals surface area contributed by atoms with Crippen LogP contribution in [0.25, 0.3) is 10.9 Å². The molecule has 0 spiro atoms. The summed E-state index contributed by atoms with van der Waals surface area (Å²) < 4.78 is 10.7. The second-order valence-electron chi connectivity index (χ2n) is 6.28. The van der Waals surface area contributed by atoms with Crippen LogP contribution < -0.4 is 14.4 Å². The molecule has 1 saturated heterocycles. The molecule has 0 radical (unpaired) electrons. The molecule has 7 nitrogen and oxygen atoms in total. The summed E-state index contributed by atoms with van der Waals surface area (Å²) in [6.45, 7) is 3.73. The van der Waals surface area contributed by atoms with Crippen molar-refractivity contribution in [1.82, 2.24) is 9.97 Å². The molecule has 1 aliphatic rings. The Hall–Kier alpha value is -2.06. The molecule has 1 atom stereocenters. The van der Waals surface area contributed by atoms with Gasteiger partial charge in [0.05, 0.1) is 19.7 Å². The summed E-state index contributed by atoms with van der Waals surface area (Å²) in [7, 11) is 1.96. The Morgan fingerprint density at radius 1 is 1.21 bits per heavy atom. The topological polar surface area (TPSA) is 87.9 Å². The summed E-state index contributed by atoms with van der Waals surface area (Å²) in [5.41, 5.74) is 0.805. The number of hydrogen-bond donors (Lipinski definition) is 2. The molecule has 128 valence electrons. The highest BCUT2D eigenvalue weighted by atomic mass is 16.5. The molecular formula is C16H22BN3O4. The minimum Gasteiger partial charge on any atom is -0.493 e. The second kappa shape index (κ2) is 6.82. The monoisotopic (exact) mass is 331 g/mol. The van der Waals surface area contributed by atoms with Crippen molar-refractivity contribution in [3.8, 4) is 11.5 Å². The van der Waals surface area contributed by atoms with Crippen LogP contribution in [0.2, 0.25) is 6.32 Å². The van der Waals surface area contributed by atoms with Crippen molar-refractivity contribution < 1.29 is 19.5 Å². The van der Waals surface area contributed by atoms with Crippen LogP contribution >= 0.6 is 0 Å². The quantitative estimate of drug-likeness (QED) is 0.769. The van der Waals surface area contributed by atoms with Gasteiger partial charge >= 0.3 is 7.12 Å². The summed E-state index contributed by atoms with van der Waals surface area (Å²) in [6.07, 6.45) is 1.95. The maximum Gasteiger partial charge on any atom is 0.451 e. The van der Waals surface area contributed by atoms with Gasteiger partial charge in [-0.1, -0.05) is 6.92 Å². The Kier molecular flexibility index (Phi) is 4.77. The lowest BCUT2D eigenvalue weighted by Crippen LogP contribution is -2.50. The zero-order chi connectivity index (χ0) is 17.3. The molecule has 0 amide bonds. The SMILES string of the molecule is COc1cc2ncnc(N3CC(C(C)CB(O)O)C3)c2cc1OC. The highest BCUT2D eigenvalue weighted by molar-refractivity contribution is 6.41. The van der Waals surface area contributed by atoms with Gasteiger partial charge in [0.15, 0.2) is 11.5 Å². The lowest BCUT2D eigenvalue weighted by molar-refractivity contribution is 0.288. The van der Waals surface area contributed by atoms with Crippen LogP contribution in [-0.2, 0) is 0 Å². The Bertz CT molecular complexity index is 722. The molecule has 1 fully saturated rings. The van der Waals surface area contributed by atoms with Gasteiger partial charge < -0.3 is 24.4 Å². The number of methoxy groups -OCH3 is 2. The molecule has 1 unspecified atom stereocenters. The van der Waals surface area contributed by atoms with Crippen molar-refractivity contribution in [1.29, 1.82) is 0 Å². The van der Waals surface area contributed by atoms with E-state index in [0.717, 1.165) is 29.8 Å². The first kappa shape index (κ1) is 16.8. The number of fused-ring (bicyclic) bond motifs is 1. The predicted molar refractivity (Wildman–Crippen MR) is 92.5 cm³/mol. The van der Waals surface area contributed by atoms with E-state index in [-0.39, 0.29) is 5.92 Å². The number of nitrogens with zero attached hydrogens (tertiary/aromatic N) is 3. The summed E-state index contributed by atoms with van der Waals surface area (Å²) in [6, 6.07) is 3.75. The number of anilines is 1. The molecule has 3 rings (SSSR count). The minimum atomic E-state index is -1.24. The van der Waals surface area contributed by atoms with Gasteiger partial charge in [-0.25, -0.2) is 9.97 Å². The number of benzene rings is 1. The zero-order valence-electron chi connectivity index (χ0n) is 14.1. The lowest BCUT2D eigenvalue weighted by atomic mass is 9.72. The van der Waals surface area contributed by atoms with Gasteiger partial charge in [-0.05, 0) is 24.2 Å². The van der Waals surface area contributed by atoms with Gasteiger partial charge in [-0.2, -0.15) is 0 Å². The van der Waals surface area contributed by atoms with Crippen molar-refractivity contribution in [2.24, 2.45) is 11.8 Å². The van der Waals surface area contributed by atoms with Gasteiger partial charge in [0, 0.05) is 24.5 Å². The lowest BCUT2D eigenvalue weighted by Gasteiger charge is -2.43. The average Bonchev–Trinajstić information content (AvgIpc) is 2.51. The number of aromatic nitrogens is 2. The number of hydrogen-bond acceptors (Lipinski definition) is 7. The first-order valence-electron chi connectivity index (χ1n) is 8.01. The average molecular weight is 331 g/mol. The molecule has 1 aliphatic heterocycles. The molecule has 1 aromatic carbocycles. The molecule has 0 saturated carbocycles. The van der Waals surface area contributed by atoms with Crippen molar-refractivity contribution in [3.63, 3.8) is 0 Å². The highest BCUT2D eigenvalue weighted by Gasteiger charge is 2.34. The van der Waals surface area contributed by atoms with E-state index >= 15 is 0 Å². The molecule has 0 aliphatic carbocycles. The zero-order valence-corrected chi connectivity index (χ0v) is 14.1. The fourth-order valence-electron chi connectivity index (χ4n) is 3.19. The fraction of sp³-hybridized carbons (Fsp3) is 0.500. The van der Waals surface area contributed by atoms with Crippen LogP contribution in [0.1, 0.15) is 6.92 Å². The maximum atomic E-state index is 9.12. The van der Waals surface area contributed by atoms with Crippen molar-refractivity contribution in [2.75, 3.05) is 32.2 Å². The van der Waals surface area contributed by atoms with Crippen LogP contribution in [0, 0.1) is 11.8 Å². The number of ether oxygens (including phenoxy) is 2. The van der Waals surface area contributed by atoms with Crippen LogP contribution in [0.4, 0.5) is 5.82 Å². The Morgan fingerprint density at radius 2 is 1.88 bits per heavy atom. The van der Waals surface area contributed by atoms with E-state index in [1.165, 1.54) is 0 Å². The summed E-state index contributed by atoms with van der Waals surface area (Å²) in [5.74, 6) is 2.84. The van der Waals surface area contributed by atoms with E-state index in [2.05, 4.69) is 14.9 Å². The van der Waals surface area contributed by atoms with Gasteiger partial charge in [0.1, 0.15) is 12.1 Å². The Morgan fingerprint density at radius 3 is 2.50 bits per heavy atom. The fourth-order valence-corrected chi connectivity index (χ4v) is 3.19. The summed E-state index contributed by atoms with van der Waals surface area (Å²) >= 11 is 0. The summed E-state index contributed by atoms with van der Waals surface area (Å²) in [4.78, 5) is 10.9. The van der Waals surface area contributed by atoms with E-state index < -0.39 is 7.12 Å². The van der Waals surface area contributed by atoms with Crippen LogP contribution in [0.15, 0.2) is 18.5 Å². The normalized spacial score (nSPS) is 16.0. The van der Waals surface area contributed by atoms with Gasteiger partial charge in [-0.3, -0.25) is 0 Å². The van der Waals surface area contributed by atoms with Crippen molar-refractivity contribution in [3.05, 3.63) is 18.5 Å². The molecule has 2 N–H and O–H groups in total. The number of rotatable bonds is 6. The molecular weight excluding hydrogens is 309 g/mol. The first-order chi connectivity index (χ1) is 11.5. The smallest absolute Gasteiger partial charge is 0.451 e. The van der Waals surface area contributed by atoms with Crippen molar-refractivity contribution in [2.45, 2.75) is 13.2 Å². The van der Waals surface area contributed by atoms with Gasteiger partial charge in [-0.15, -0.1) is 0 Å². The molecule has 0 bridgehead atoms. The molecule has 8 heteroatoms. The summed E-state index contributed by atoms with van der Waals surface area (Å²) in [5, 5.41) is 19.2. The van der Waals surface area contributed by atoms with E-state index in [1.807, 2.05) is 19.1 Å². The van der Waals surface area contributed by atoms with E-state index in [9.17, 15) is 0 Å². The largest absolute Gasteiger partial charge is 0.493 e. The molecule has 2 aromatic rings. The third-order valence-corrected chi connectivity index (χ3v) is 4.72. The van der Waals surface area contributed by atoms with E-state index in [4.69, 9.17) is 19.5 Å². The molecule has 1 aromatic heterocycles. The van der Waals surface area contributed by atoms with Crippen LogP contribution in [0.5, 0.6) is 11.5 Å². The molecule has 24 heavy (non-hydrogen) atoms. The standard InChI is InChI=1S/C16H22BN3O4/c1-10(6-17(21)22)11-7-20(8-11)16-12-4-14(23-2)15(24-3)5-13(12)18-9-19-16/h4-5,9-11,21-22H,6-8H2,1-3H3. The van der Waals surface area contributed by atoms with Crippen LogP contribution in [-0.4, -0.2) is 54.4 Å². The predicted octanol–water partition coefficient (Wildman–Crippen LogP) is 1.19. The molecule has 2 heterocycles. The van der Waals surface area contributed by atoms with Crippen LogP contribution in [0.3, 0.4) is 0 Å².